The molecule has 0 aliphatic rings. The molecule has 130 valence electrons. The third kappa shape index (κ3) is 4.01. The summed E-state index contributed by atoms with van der Waals surface area (Å²) in [6.07, 6.45) is 0. The zero-order chi connectivity index (χ0) is 18.5. The molecule has 0 spiro atoms. The minimum Gasteiger partial charge on any atom is -0.326 e. The average Bonchev–Trinajstić information content (AvgIpc) is 2.66. The zero-order valence-corrected chi connectivity index (χ0v) is 14.8. The maximum atomic E-state index is 11.0. The largest absolute Gasteiger partial charge is 0.326 e. The topological polar surface area (TPSA) is 79.6 Å². The summed E-state index contributed by atoms with van der Waals surface area (Å²) in [6.45, 7) is 1.87. The number of nitrogens with zero attached hydrogens (tertiary/aromatic N) is 2. The van der Waals surface area contributed by atoms with Crippen LogP contribution in [-0.2, 0) is 0 Å². The normalized spacial score (nSPS) is 11.2. The zero-order valence-electron chi connectivity index (χ0n) is 14.0. The summed E-state index contributed by atoms with van der Waals surface area (Å²) >= 11 is 5.18. The lowest BCUT2D eigenvalue weighted by Crippen LogP contribution is -2.25. The first-order chi connectivity index (χ1) is 12.5. The molecule has 0 unspecified atom stereocenters. The summed E-state index contributed by atoms with van der Waals surface area (Å²) in [5.41, 5.74) is 4.71. The minimum absolute atomic E-state index is 0.0492. The van der Waals surface area contributed by atoms with Crippen LogP contribution in [-0.4, -0.2) is 15.7 Å². The van der Waals surface area contributed by atoms with E-state index in [4.69, 9.17) is 12.2 Å². The van der Waals surface area contributed by atoms with Gasteiger partial charge in [-0.05, 0) is 47.6 Å². The Morgan fingerprint density at radius 2 is 1.73 bits per heavy atom. The highest BCUT2D eigenvalue weighted by Crippen LogP contribution is 2.23. The molecule has 0 radical (unpaired) electrons. The van der Waals surface area contributed by atoms with Gasteiger partial charge in [-0.3, -0.25) is 15.5 Å². The number of hydrogen-bond donors (Lipinski definition) is 2. The predicted octanol–water partition coefficient (Wildman–Crippen LogP) is 4.46. The van der Waals surface area contributed by atoms with Crippen LogP contribution in [0.4, 0.5) is 11.4 Å². The van der Waals surface area contributed by atoms with E-state index in [0.29, 0.717) is 5.69 Å². The summed E-state index contributed by atoms with van der Waals surface area (Å²) in [5.74, 6) is 0. The van der Waals surface area contributed by atoms with Crippen molar-refractivity contribution in [3.63, 3.8) is 0 Å². The summed E-state index contributed by atoms with van der Waals surface area (Å²) in [6, 6.07) is 20.4. The second-order valence-corrected chi connectivity index (χ2v) is 6.01. The number of nitrogens with one attached hydrogen (secondary N) is 2. The van der Waals surface area contributed by atoms with Gasteiger partial charge in [0.15, 0.2) is 5.11 Å². The molecule has 2 N–H and O–H groups in total. The molecule has 0 fully saturated rings. The van der Waals surface area contributed by atoms with Gasteiger partial charge in [0.05, 0.1) is 10.6 Å². The first kappa shape index (κ1) is 17.5. The number of rotatable bonds is 4. The molecule has 0 amide bonds. The predicted molar refractivity (Wildman–Crippen MR) is 109 cm³/mol. The molecular weight excluding hydrogens is 348 g/mol. The number of para-hydroxylation sites is 2. The quantitative estimate of drug-likeness (QED) is 0.309. The van der Waals surface area contributed by atoms with Gasteiger partial charge >= 0.3 is 0 Å². The maximum Gasteiger partial charge on any atom is 0.292 e. The monoisotopic (exact) mass is 364 g/mol. The standard InChI is InChI=1S/C19H16N4O2S/c1-13(15-11-10-14-6-2-3-7-16(14)12-15)21-22-19(26)20-17-8-4-5-9-18(17)23(24)25/h2-12H,1H3,(H2,20,22,26)/b21-13-. The fraction of sp³-hybridized carbons (Fsp3) is 0.0526. The van der Waals surface area contributed by atoms with Crippen LogP contribution in [0.3, 0.4) is 0 Å². The van der Waals surface area contributed by atoms with Crippen molar-refractivity contribution in [1.82, 2.24) is 5.43 Å². The third-order valence-corrected chi connectivity index (χ3v) is 4.03. The molecule has 7 heteroatoms. The summed E-state index contributed by atoms with van der Waals surface area (Å²) in [5, 5.41) is 20.6. The number of thiocarbonyl (C=S) groups is 1. The van der Waals surface area contributed by atoms with E-state index in [1.54, 1.807) is 18.2 Å². The van der Waals surface area contributed by atoms with Crippen LogP contribution >= 0.6 is 12.2 Å². The Morgan fingerprint density at radius 1 is 1.04 bits per heavy atom. The molecule has 0 saturated carbocycles. The highest BCUT2D eigenvalue weighted by Gasteiger charge is 2.13. The highest BCUT2D eigenvalue weighted by atomic mass is 32.1. The molecule has 0 saturated heterocycles. The second-order valence-electron chi connectivity index (χ2n) is 5.60. The first-order valence-electron chi connectivity index (χ1n) is 7.88. The molecule has 26 heavy (non-hydrogen) atoms. The number of fused-ring (bicyclic) bond motifs is 1. The van der Waals surface area contributed by atoms with Crippen molar-refractivity contribution < 1.29 is 4.92 Å². The van der Waals surface area contributed by atoms with Crippen LogP contribution in [0.5, 0.6) is 0 Å². The van der Waals surface area contributed by atoms with E-state index in [1.807, 2.05) is 43.3 Å². The molecule has 3 rings (SSSR count). The fourth-order valence-corrected chi connectivity index (χ4v) is 2.66. The van der Waals surface area contributed by atoms with Crippen molar-refractivity contribution in [3.05, 3.63) is 82.4 Å². The maximum absolute atomic E-state index is 11.0. The summed E-state index contributed by atoms with van der Waals surface area (Å²) < 4.78 is 0. The Hall–Kier alpha value is -3.32. The molecular formula is C19H16N4O2S. The molecule has 0 aromatic heterocycles. The van der Waals surface area contributed by atoms with Crippen molar-refractivity contribution in [1.29, 1.82) is 0 Å². The lowest BCUT2D eigenvalue weighted by atomic mass is 10.0. The summed E-state index contributed by atoms with van der Waals surface area (Å²) in [7, 11) is 0. The Kier molecular flexibility index (Phi) is 5.19. The molecule has 0 aliphatic carbocycles. The van der Waals surface area contributed by atoms with Crippen LogP contribution in [0, 0.1) is 10.1 Å². The average molecular weight is 364 g/mol. The fourth-order valence-electron chi connectivity index (χ4n) is 2.50. The minimum atomic E-state index is -0.464. The molecule has 0 aliphatic heterocycles. The van der Waals surface area contributed by atoms with Gasteiger partial charge in [0, 0.05) is 6.07 Å². The first-order valence-corrected chi connectivity index (χ1v) is 8.29. The van der Waals surface area contributed by atoms with E-state index >= 15 is 0 Å². The number of hydrogen-bond acceptors (Lipinski definition) is 4. The number of nitro groups is 1. The highest BCUT2D eigenvalue weighted by molar-refractivity contribution is 7.80. The van der Waals surface area contributed by atoms with E-state index in [0.717, 1.165) is 22.0 Å². The molecule has 0 atom stereocenters. The summed E-state index contributed by atoms with van der Waals surface area (Å²) in [4.78, 5) is 10.6. The Balaban J connectivity index is 1.72. The van der Waals surface area contributed by atoms with E-state index < -0.39 is 4.92 Å². The third-order valence-electron chi connectivity index (χ3n) is 3.84. The van der Waals surface area contributed by atoms with Gasteiger partial charge in [0.25, 0.3) is 5.69 Å². The van der Waals surface area contributed by atoms with Gasteiger partial charge < -0.3 is 5.32 Å². The molecule has 3 aromatic carbocycles. The lowest BCUT2D eigenvalue weighted by Gasteiger charge is -2.09. The van der Waals surface area contributed by atoms with Gasteiger partial charge in [-0.15, -0.1) is 0 Å². The van der Waals surface area contributed by atoms with Crippen LogP contribution < -0.4 is 10.7 Å². The van der Waals surface area contributed by atoms with Crippen molar-refractivity contribution >= 4 is 45.2 Å². The van der Waals surface area contributed by atoms with Crippen molar-refractivity contribution in [2.24, 2.45) is 5.10 Å². The number of anilines is 1. The van der Waals surface area contributed by atoms with E-state index in [1.165, 1.54) is 6.07 Å². The molecule has 0 heterocycles. The van der Waals surface area contributed by atoms with Gasteiger partial charge in [-0.1, -0.05) is 48.5 Å². The number of nitro benzene ring substituents is 1. The number of hydrazone groups is 1. The van der Waals surface area contributed by atoms with Gasteiger partial charge in [0.1, 0.15) is 5.69 Å². The van der Waals surface area contributed by atoms with Crippen molar-refractivity contribution in [2.45, 2.75) is 6.92 Å². The molecule has 0 bridgehead atoms. The van der Waals surface area contributed by atoms with E-state index in [-0.39, 0.29) is 10.8 Å². The van der Waals surface area contributed by atoms with Gasteiger partial charge in [0.2, 0.25) is 0 Å². The SMILES string of the molecule is C/C(=N/NC(=S)Nc1ccccc1[N+](=O)[O-])c1ccc2ccccc2c1. The smallest absolute Gasteiger partial charge is 0.292 e. The Morgan fingerprint density at radius 3 is 2.50 bits per heavy atom. The van der Waals surface area contributed by atoms with Crippen molar-refractivity contribution in [3.8, 4) is 0 Å². The van der Waals surface area contributed by atoms with E-state index in [2.05, 4.69) is 21.9 Å². The lowest BCUT2D eigenvalue weighted by molar-refractivity contribution is -0.383. The van der Waals surface area contributed by atoms with Gasteiger partial charge in [-0.2, -0.15) is 5.10 Å². The van der Waals surface area contributed by atoms with Crippen LogP contribution in [0.1, 0.15) is 12.5 Å². The van der Waals surface area contributed by atoms with Crippen LogP contribution in [0.15, 0.2) is 71.8 Å². The Bertz CT molecular complexity index is 1020. The van der Waals surface area contributed by atoms with Gasteiger partial charge in [-0.25, -0.2) is 0 Å². The van der Waals surface area contributed by atoms with E-state index in [9.17, 15) is 10.1 Å². The Labute approximate surface area is 155 Å². The molecule has 3 aromatic rings. The molecule has 6 nitrogen and oxygen atoms in total. The van der Waals surface area contributed by atoms with Crippen LogP contribution in [0.25, 0.3) is 10.8 Å². The second kappa shape index (κ2) is 7.71. The van der Waals surface area contributed by atoms with Crippen LogP contribution in [0.2, 0.25) is 0 Å². The van der Waals surface area contributed by atoms with Crippen molar-refractivity contribution in [2.75, 3.05) is 5.32 Å². The number of benzene rings is 3.